The van der Waals surface area contributed by atoms with E-state index < -0.39 is 14.3 Å². The maximum Gasteiger partial charge on any atom is 0.335 e. The standard InChI is InChI=1S/C19H24O4Si/c1-19(2,3)24(4,5)23-17-9-7-6-8-16(17)13-10-14(18(21)22)12-15(20)11-13/h6-12,20H,1-5H3,(H,21,22). The van der Waals surface area contributed by atoms with Crippen molar-refractivity contribution < 1.29 is 19.4 Å². The molecule has 0 radical (unpaired) electrons. The zero-order valence-electron chi connectivity index (χ0n) is 14.8. The molecule has 2 aromatic rings. The molecule has 0 aromatic heterocycles. The van der Waals surface area contributed by atoms with Gasteiger partial charge in [0.15, 0.2) is 0 Å². The van der Waals surface area contributed by atoms with Crippen LogP contribution in [-0.2, 0) is 0 Å². The van der Waals surface area contributed by atoms with Gasteiger partial charge in [0.05, 0.1) is 5.56 Å². The molecular formula is C19H24O4Si. The van der Waals surface area contributed by atoms with E-state index in [1.807, 2.05) is 24.3 Å². The lowest BCUT2D eigenvalue weighted by Crippen LogP contribution is -2.43. The highest BCUT2D eigenvalue weighted by Crippen LogP contribution is 2.40. The molecule has 0 aliphatic heterocycles. The van der Waals surface area contributed by atoms with E-state index in [-0.39, 0.29) is 16.4 Å². The number of benzene rings is 2. The first-order valence-corrected chi connectivity index (χ1v) is 10.8. The van der Waals surface area contributed by atoms with Gasteiger partial charge in [-0.15, -0.1) is 0 Å². The summed E-state index contributed by atoms with van der Waals surface area (Å²) in [5.41, 5.74) is 1.45. The molecule has 0 atom stereocenters. The molecule has 0 aliphatic rings. The summed E-state index contributed by atoms with van der Waals surface area (Å²) in [6.45, 7) is 10.8. The highest BCUT2D eigenvalue weighted by atomic mass is 28.4. The van der Waals surface area contributed by atoms with Crippen molar-refractivity contribution in [2.45, 2.75) is 38.9 Å². The van der Waals surface area contributed by atoms with Crippen LogP contribution < -0.4 is 4.43 Å². The second-order valence-electron chi connectivity index (χ2n) is 7.43. The second kappa shape index (κ2) is 6.32. The summed E-state index contributed by atoms with van der Waals surface area (Å²) in [7, 11) is -2.04. The van der Waals surface area contributed by atoms with Crippen molar-refractivity contribution in [1.82, 2.24) is 0 Å². The zero-order chi connectivity index (χ0) is 18.1. The molecule has 0 spiro atoms. The number of rotatable bonds is 4. The molecule has 4 nitrogen and oxygen atoms in total. The van der Waals surface area contributed by atoms with Crippen LogP contribution in [-0.4, -0.2) is 24.5 Å². The van der Waals surface area contributed by atoms with Gasteiger partial charge in [0, 0.05) is 5.56 Å². The van der Waals surface area contributed by atoms with Gasteiger partial charge in [0.2, 0.25) is 0 Å². The summed E-state index contributed by atoms with van der Waals surface area (Å²) >= 11 is 0. The van der Waals surface area contributed by atoms with E-state index in [1.54, 1.807) is 12.1 Å². The predicted molar refractivity (Wildman–Crippen MR) is 98.3 cm³/mol. The Kier molecular flexibility index (Phi) is 4.76. The van der Waals surface area contributed by atoms with Crippen LogP contribution >= 0.6 is 0 Å². The van der Waals surface area contributed by atoms with E-state index in [9.17, 15) is 15.0 Å². The number of hydrogen-bond acceptors (Lipinski definition) is 3. The fourth-order valence-corrected chi connectivity index (χ4v) is 3.15. The molecule has 5 heteroatoms. The lowest BCUT2D eigenvalue weighted by molar-refractivity contribution is 0.0696. The topological polar surface area (TPSA) is 66.8 Å². The first-order valence-electron chi connectivity index (χ1n) is 7.87. The molecule has 2 rings (SSSR count). The zero-order valence-corrected chi connectivity index (χ0v) is 15.8. The van der Waals surface area contributed by atoms with E-state index in [0.717, 1.165) is 5.56 Å². The van der Waals surface area contributed by atoms with Gasteiger partial charge in [-0.05, 0) is 48.0 Å². The van der Waals surface area contributed by atoms with Crippen LogP contribution in [0.1, 0.15) is 31.1 Å². The Bertz CT molecular complexity index is 760. The number of phenolic OH excluding ortho intramolecular Hbond substituents is 1. The maximum atomic E-state index is 11.2. The molecule has 0 amide bonds. The average Bonchev–Trinajstić information content (AvgIpc) is 2.45. The lowest BCUT2D eigenvalue weighted by atomic mass is 10.0. The van der Waals surface area contributed by atoms with Gasteiger partial charge in [0.25, 0.3) is 8.32 Å². The third kappa shape index (κ3) is 3.79. The molecule has 0 saturated heterocycles. The van der Waals surface area contributed by atoms with Gasteiger partial charge in [0.1, 0.15) is 11.5 Å². The molecule has 0 heterocycles. The number of aromatic carboxylic acids is 1. The van der Waals surface area contributed by atoms with Crippen LogP contribution in [0.15, 0.2) is 42.5 Å². The van der Waals surface area contributed by atoms with E-state index >= 15 is 0 Å². The van der Waals surface area contributed by atoms with Gasteiger partial charge >= 0.3 is 5.97 Å². The third-order valence-electron chi connectivity index (χ3n) is 4.53. The number of phenols is 1. The largest absolute Gasteiger partial charge is 0.543 e. The fraction of sp³-hybridized carbons (Fsp3) is 0.316. The Hall–Kier alpha value is -2.27. The molecule has 0 aliphatic carbocycles. The highest BCUT2D eigenvalue weighted by molar-refractivity contribution is 6.74. The van der Waals surface area contributed by atoms with Gasteiger partial charge in [-0.3, -0.25) is 0 Å². The van der Waals surface area contributed by atoms with Crippen molar-refractivity contribution in [1.29, 1.82) is 0 Å². The van der Waals surface area contributed by atoms with Crippen LogP contribution in [0, 0.1) is 0 Å². The summed E-state index contributed by atoms with van der Waals surface area (Å²) in [6.07, 6.45) is 0. The average molecular weight is 344 g/mol. The summed E-state index contributed by atoms with van der Waals surface area (Å²) in [6, 6.07) is 11.9. The second-order valence-corrected chi connectivity index (χ2v) is 12.2. The van der Waals surface area contributed by atoms with Crippen LogP contribution in [0.4, 0.5) is 0 Å². The Morgan fingerprint density at radius 1 is 1.08 bits per heavy atom. The van der Waals surface area contributed by atoms with Gasteiger partial charge in [-0.25, -0.2) is 4.79 Å². The van der Waals surface area contributed by atoms with Crippen molar-refractivity contribution in [3.05, 3.63) is 48.0 Å². The Morgan fingerprint density at radius 2 is 1.71 bits per heavy atom. The van der Waals surface area contributed by atoms with Crippen molar-refractivity contribution in [2.24, 2.45) is 0 Å². The van der Waals surface area contributed by atoms with E-state index in [4.69, 9.17) is 4.43 Å². The van der Waals surface area contributed by atoms with Crippen molar-refractivity contribution >= 4 is 14.3 Å². The fourth-order valence-electron chi connectivity index (χ4n) is 2.11. The highest BCUT2D eigenvalue weighted by Gasteiger charge is 2.39. The van der Waals surface area contributed by atoms with Gasteiger partial charge in [-0.2, -0.15) is 0 Å². The normalized spacial score (nSPS) is 12.0. The molecule has 0 fully saturated rings. The van der Waals surface area contributed by atoms with Crippen LogP contribution in [0.25, 0.3) is 11.1 Å². The minimum Gasteiger partial charge on any atom is -0.543 e. The molecule has 0 saturated carbocycles. The molecule has 2 N–H and O–H groups in total. The molecule has 0 unspecified atom stereocenters. The SMILES string of the molecule is CC(C)(C)[Si](C)(C)Oc1ccccc1-c1cc(O)cc(C(=O)O)c1. The smallest absolute Gasteiger partial charge is 0.335 e. The van der Waals surface area contributed by atoms with Crippen molar-refractivity contribution in [3.8, 4) is 22.6 Å². The monoisotopic (exact) mass is 344 g/mol. The predicted octanol–water partition coefficient (Wildman–Crippen LogP) is 5.14. The minimum absolute atomic E-state index is 0.0468. The van der Waals surface area contributed by atoms with Crippen LogP contribution in [0.5, 0.6) is 11.5 Å². The Balaban J connectivity index is 2.53. The van der Waals surface area contributed by atoms with E-state index in [0.29, 0.717) is 11.3 Å². The molecule has 2 aromatic carbocycles. The first-order chi connectivity index (χ1) is 11.0. The van der Waals surface area contributed by atoms with E-state index in [1.165, 1.54) is 6.07 Å². The Labute approximate surface area is 143 Å². The van der Waals surface area contributed by atoms with Crippen molar-refractivity contribution in [2.75, 3.05) is 0 Å². The molecular weight excluding hydrogens is 320 g/mol. The summed E-state index contributed by atoms with van der Waals surface area (Å²) in [5.74, 6) is -0.437. The maximum absolute atomic E-state index is 11.2. The van der Waals surface area contributed by atoms with Gasteiger partial charge < -0.3 is 14.6 Å². The number of hydrogen-bond donors (Lipinski definition) is 2. The molecule has 0 bridgehead atoms. The molecule has 24 heavy (non-hydrogen) atoms. The number of carboxylic acid groups (broad SMARTS) is 1. The van der Waals surface area contributed by atoms with Crippen molar-refractivity contribution in [3.63, 3.8) is 0 Å². The van der Waals surface area contributed by atoms with Gasteiger partial charge in [-0.1, -0.05) is 39.0 Å². The minimum atomic E-state index is -2.04. The third-order valence-corrected chi connectivity index (χ3v) is 8.88. The molecule has 128 valence electrons. The summed E-state index contributed by atoms with van der Waals surface area (Å²) in [4.78, 5) is 11.2. The van der Waals surface area contributed by atoms with Crippen LogP contribution in [0.3, 0.4) is 0 Å². The summed E-state index contributed by atoms with van der Waals surface area (Å²) < 4.78 is 6.40. The van der Waals surface area contributed by atoms with E-state index in [2.05, 4.69) is 33.9 Å². The number of para-hydroxylation sites is 1. The first kappa shape index (κ1) is 18.1. The lowest BCUT2D eigenvalue weighted by Gasteiger charge is -2.37. The van der Waals surface area contributed by atoms with Crippen LogP contribution in [0.2, 0.25) is 18.1 Å². The number of carboxylic acids is 1. The Morgan fingerprint density at radius 3 is 2.29 bits per heavy atom. The number of aromatic hydroxyl groups is 1. The summed E-state index contributed by atoms with van der Waals surface area (Å²) in [5, 5.41) is 19.1. The quantitative estimate of drug-likeness (QED) is 0.754. The number of carbonyl (C=O) groups is 1.